The van der Waals surface area contributed by atoms with E-state index in [0.717, 1.165) is 10.9 Å². The molecule has 0 unspecified atom stereocenters. The zero-order chi connectivity index (χ0) is 8.55. The summed E-state index contributed by atoms with van der Waals surface area (Å²) in [6.45, 7) is 2.00. The maximum absolute atomic E-state index is 11.3. The van der Waals surface area contributed by atoms with Crippen molar-refractivity contribution < 1.29 is 29.0 Å². The second-order valence-electron chi connectivity index (χ2n) is 2.84. The molecule has 2 nitrogen and oxygen atoms in total. The Balaban J connectivity index is 0.000000845. The van der Waals surface area contributed by atoms with Crippen LogP contribution in [0, 0.1) is 6.92 Å². The topological polar surface area (TPSA) is 37.2 Å². The zero-order valence-corrected chi connectivity index (χ0v) is 7.79. The van der Waals surface area contributed by atoms with Crippen LogP contribution in [-0.4, -0.2) is 0 Å². The van der Waals surface area contributed by atoms with Crippen molar-refractivity contribution in [1.29, 1.82) is 0 Å². The molecule has 0 aliphatic carbocycles. The molecule has 1 aromatic heterocycles. The Morgan fingerprint density at radius 3 is 2.69 bits per heavy atom. The van der Waals surface area contributed by atoms with E-state index < -0.39 is 0 Å². The third-order valence-electron chi connectivity index (χ3n) is 2.01. The number of fused-ring (bicyclic) bond motifs is 1. The van der Waals surface area contributed by atoms with E-state index in [9.17, 15) is 5.11 Å². The average molecular weight is 166 g/mol. The molecule has 0 saturated carbocycles. The molecule has 0 saturated heterocycles. The van der Waals surface area contributed by atoms with Crippen LogP contribution in [0.4, 0.5) is 0 Å². The van der Waals surface area contributed by atoms with Gasteiger partial charge in [0.15, 0.2) is 6.20 Å². The van der Waals surface area contributed by atoms with Crippen LogP contribution in [-0.2, 0) is 0 Å². The Hall–Kier alpha value is -0.973. The van der Waals surface area contributed by atoms with Gasteiger partial charge in [0.05, 0.1) is 0 Å². The van der Waals surface area contributed by atoms with E-state index in [-0.39, 0.29) is 24.6 Å². The first-order chi connectivity index (χ1) is 5.79. The molecule has 0 spiro atoms. The molecule has 0 bridgehead atoms. The standard InChI is InChI=1S/C10H9NO.Li/c1-7-4-5-9(12)10-8(7)3-2-6-11-10;/h2-6,12H,1H3;/q;+1. The van der Waals surface area contributed by atoms with Gasteiger partial charge in [0.1, 0.15) is 0 Å². The van der Waals surface area contributed by atoms with Gasteiger partial charge < -0.3 is 5.11 Å². The summed E-state index contributed by atoms with van der Waals surface area (Å²) in [6, 6.07) is 7.28. The van der Waals surface area contributed by atoms with Gasteiger partial charge >= 0.3 is 18.9 Å². The molecule has 2 rings (SSSR count). The van der Waals surface area contributed by atoms with Crippen molar-refractivity contribution in [1.82, 2.24) is 0 Å². The molecule has 1 aromatic carbocycles. The molecule has 0 aliphatic rings. The molecule has 1 heterocycles. The van der Waals surface area contributed by atoms with Crippen LogP contribution in [0.1, 0.15) is 5.56 Å². The van der Waals surface area contributed by atoms with E-state index in [1.54, 1.807) is 12.3 Å². The fourth-order valence-electron chi connectivity index (χ4n) is 1.34. The van der Waals surface area contributed by atoms with Crippen molar-refractivity contribution >= 4 is 10.9 Å². The van der Waals surface area contributed by atoms with Gasteiger partial charge in [-0.15, -0.1) is 0 Å². The average Bonchev–Trinajstić information content (AvgIpc) is 2.12. The Morgan fingerprint density at radius 1 is 1.23 bits per heavy atom. The van der Waals surface area contributed by atoms with E-state index >= 15 is 0 Å². The van der Waals surface area contributed by atoms with Crippen molar-refractivity contribution in [2.24, 2.45) is 0 Å². The summed E-state index contributed by atoms with van der Waals surface area (Å²) >= 11 is 0. The predicted molar refractivity (Wildman–Crippen MR) is 44.7 cm³/mol. The fraction of sp³-hybridized carbons (Fsp3) is 0.100. The number of hydrogen-bond acceptors (Lipinski definition) is 1. The van der Waals surface area contributed by atoms with Crippen LogP contribution in [0.5, 0.6) is 5.75 Å². The number of aryl methyl sites for hydroxylation is 1. The van der Waals surface area contributed by atoms with Crippen molar-refractivity contribution in [3.63, 3.8) is 0 Å². The second-order valence-corrected chi connectivity index (χ2v) is 2.84. The minimum atomic E-state index is 0. The molecule has 0 radical (unpaired) electrons. The zero-order valence-electron chi connectivity index (χ0n) is 7.79. The summed E-state index contributed by atoms with van der Waals surface area (Å²) in [6.07, 6.45) is 1.77. The minimum Gasteiger partial charge on any atom is -0.868 e. The largest absolute Gasteiger partial charge is 1.00 e. The molecule has 1 N–H and O–H groups in total. The monoisotopic (exact) mass is 166 g/mol. The third-order valence-corrected chi connectivity index (χ3v) is 2.01. The number of pyridine rings is 1. The van der Waals surface area contributed by atoms with E-state index in [0.29, 0.717) is 5.52 Å². The van der Waals surface area contributed by atoms with E-state index in [1.807, 2.05) is 25.1 Å². The first-order valence-corrected chi connectivity index (χ1v) is 3.86. The van der Waals surface area contributed by atoms with E-state index in [1.165, 1.54) is 0 Å². The van der Waals surface area contributed by atoms with Gasteiger partial charge in [-0.2, -0.15) is 0 Å². The minimum absolute atomic E-state index is 0. The van der Waals surface area contributed by atoms with Crippen LogP contribution in [0.3, 0.4) is 0 Å². The Labute approximate surface area is 88.8 Å². The second kappa shape index (κ2) is 3.82. The van der Waals surface area contributed by atoms with E-state index in [2.05, 4.69) is 4.98 Å². The van der Waals surface area contributed by atoms with Crippen molar-refractivity contribution in [2.45, 2.75) is 6.92 Å². The predicted octanol–water partition coefficient (Wildman–Crippen LogP) is -1.96. The van der Waals surface area contributed by atoms with Crippen molar-refractivity contribution in [3.05, 3.63) is 36.0 Å². The number of aromatic amines is 1. The Morgan fingerprint density at radius 2 is 2.00 bits per heavy atom. The Bertz CT molecular complexity index is 388. The SMILES string of the molecule is Cc1ccc([O-])c2[nH+]cccc12.[Li+]. The molecule has 0 fully saturated rings. The summed E-state index contributed by atoms with van der Waals surface area (Å²) in [4.78, 5) is 2.95. The smallest absolute Gasteiger partial charge is 0.868 e. The van der Waals surface area contributed by atoms with Crippen LogP contribution >= 0.6 is 0 Å². The molecule has 60 valence electrons. The maximum Gasteiger partial charge on any atom is 1.00 e. The quantitative estimate of drug-likeness (QED) is 0.419. The number of H-pyrrole nitrogens is 1. The molecular weight excluding hydrogens is 157 g/mol. The number of aromatic nitrogens is 1. The molecular formula is C10H9LiNO+. The van der Waals surface area contributed by atoms with Crippen molar-refractivity contribution in [3.8, 4) is 5.75 Å². The first-order valence-electron chi connectivity index (χ1n) is 3.86. The Kier molecular flexibility index (Phi) is 2.97. The summed E-state index contributed by atoms with van der Waals surface area (Å²) in [7, 11) is 0. The number of nitrogens with one attached hydrogen (secondary N) is 1. The molecule has 0 aliphatic heterocycles. The fourth-order valence-corrected chi connectivity index (χ4v) is 1.34. The first kappa shape index (κ1) is 10.1. The number of benzene rings is 1. The summed E-state index contributed by atoms with van der Waals surface area (Å²) < 4.78 is 0. The van der Waals surface area contributed by atoms with Gasteiger partial charge in [0, 0.05) is 11.5 Å². The molecule has 0 atom stereocenters. The van der Waals surface area contributed by atoms with Gasteiger partial charge in [0.25, 0.3) is 0 Å². The van der Waals surface area contributed by atoms with Gasteiger partial charge in [-0.25, -0.2) is 4.98 Å². The van der Waals surface area contributed by atoms with E-state index in [4.69, 9.17) is 0 Å². The number of hydrogen-bond donors (Lipinski definition) is 0. The van der Waals surface area contributed by atoms with Crippen LogP contribution in [0.15, 0.2) is 30.5 Å². The van der Waals surface area contributed by atoms with Crippen LogP contribution in [0.25, 0.3) is 10.9 Å². The summed E-state index contributed by atoms with van der Waals surface area (Å²) in [5.74, 6) is 0.0520. The van der Waals surface area contributed by atoms with Crippen molar-refractivity contribution in [2.75, 3.05) is 0 Å². The molecule has 13 heavy (non-hydrogen) atoms. The van der Waals surface area contributed by atoms with Gasteiger partial charge in [0.2, 0.25) is 5.52 Å². The maximum atomic E-state index is 11.3. The van der Waals surface area contributed by atoms with Crippen LogP contribution in [0.2, 0.25) is 0 Å². The summed E-state index contributed by atoms with van der Waals surface area (Å²) in [5.41, 5.74) is 1.82. The van der Waals surface area contributed by atoms with Crippen LogP contribution < -0.4 is 29.0 Å². The third kappa shape index (κ3) is 1.69. The summed E-state index contributed by atoms with van der Waals surface area (Å²) in [5, 5.41) is 12.3. The van der Waals surface area contributed by atoms with Gasteiger partial charge in [-0.05, 0) is 24.3 Å². The molecule has 0 amide bonds. The van der Waals surface area contributed by atoms with Gasteiger partial charge in [-0.1, -0.05) is 12.1 Å². The number of rotatable bonds is 0. The molecule has 2 aromatic rings. The van der Waals surface area contributed by atoms with Gasteiger partial charge in [-0.3, -0.25) is 0 Å². The normalized spacial score (nSPS) is 9.62. The molecule has 3 heteroatoms.